The molecule has 3 rings (SSSR count). The van der Waals surface area contributed by atoms with Gasteiger partial charge >= 0.3 is 5.97 Å². The molecule has 3 heterocycles. The zero-order valence-corrected chi connectivity index (χ0v) is 14.0. The van der Waals surface area contributed by atoms with Gasteiger partial charge in [0.2, 0.25) is 5.82 Å². The van der Waals surface area contributed by atoms with Crippen LogP contribution in [0.3, 0.4) is 0 Å². The van der Waals surface area contributed by atoms with Crippen LogP contribution in [0.1, 0.15) is 23.1 Å². The van der Waals surface area contributed by atoms with Crippen molar-refractivity contribution in [3.8, 4) is 0 Å². The van der Waals surface area contributed by atoms with Crippen LogP contribution in [0.25, 0.3) is 5.52 Å². The van der Waals surface area contributed by atoms with Crippen molar-refractivity contribution in [2.75, 3.05) is 32.9 Å². The number of imidazole rings is 1. The molecular formula is C15H18BrN3O3. The third kappa shape index (κ3) is 3.16. The maximum atomic E-state index is 12.0. The van der Waals surface area contributed by atoms with E-state index in [1.54, 1.807) is 11.3 Å². The number of esters is 1. The molecule has 1 aliphatic rings. The minimum absolute atomic E-state index is 0.299. The average Bonchev–Trinajstić information content (AvgIpc) is 2.85. The lowest BCUT2D eigenvalue weighted by molar-refractivity contribution is 0.0341. The topological polar surface area (TPSA) is 56.1 Å². The second-order valence-electron chi connectivity index (χ2n) is 5.13. The minimum atomic E-state index is -0.410. The quantitative estimate of drug-likeness (QED) is 0.774. The Balaban J connectivity index is 1.90. The van der Waals surface area contributed by atoms with Gasteiger partial charge in [0.05, 0.1) is 25.3 Å². The van der Waals surface area contributed by atoms with Crippen LogP contribution in [0.2, 0.25) is 0 Å². The molecule has 0 N–H and O–H groups in total. The molecule has 6 nitrogen and oxygen atoms in total. The Morgan fingerprint density at radius 3 is 2.91 bits per heavy atom. The third-order valence-corrected chi connectivity index (χ3v) is 4.20. The summed E-state index contributed by atoms with van der Waals surface area (Å²) in [5.41, 5.74) is 1.98. The van der Waals surface area contributed by atoms with Crippen molar-refractivity contribution in [3.63, 3.8) is 0 Å². The maximum Gasteiger partial charge on any atom is 0.374 e. The van der Waals surface area contributed by atoms with Gasteiger partial charge in [-0.2, -0.15) is 0 Å². The number of pyridine rings is 1. The van der Waals surface area contributed by atoms with E-state index in [0.717, 1.165) is 43.9 Å². The summed E-state index contributed by atoms with van der Waals surface area (Å²) in [4.78, 5) is 18.6. The van der Waals surface area contributed by atoms with Crippen LogP contribution in [0.5, 0.6) is 0 Å². The number of hydrogen-bond donors (Lipinski definition) is 0. The third-order valence-electron chi connectivity index (χ3n) is 3.62. The van der Waals surface area contributed by atoms with Crippen LogP contribution in [-0.4, -0.2) is 53.2 Å². The molecule has 1 fully saturated rings. The van der Waals surface area contributed by atoms with Gasteiger partial charge in [-0.15, -0.1) is 0 Å². The fraction of sp³-hybridized carbons (Fsp3) is 0.467. The first-order valence-electron chi connectivity index (χ1n) is 7.32. The summed E-state index contributed by atoms with van der Waals surface area (Å²) in [6, 6.07) is 4.03. The number of morpholine rings is 1. The monoisotopic (exact) mass is 367 g/mol. The van der Waals surface area contributed by atoms with Gasteiger partial charge < -0.3 is 9.47 Å². The largest absolute Gasteiger partial charge is 0.460 e. The van der Waals surface area contributed by atoms with Crippen molar-refractivity contribution in [1.29, 1.82) is 0 Å². The molecule has 0 radical (unpaired) electrons. The van der Waals surface area contributed by atoms with Gasteiger partial charge in [0.1, 0.15) is 4.60 Å². The summed E-state index contributed by atoms with van der Waals surface area (Å²) >= 11 is 3.39. The molecule has 0 saturated carbocycles. The molecule has 0 unspecified atom stereocenters. The van der Waals surface area contributed by atoms with Crippen LogP contribution in [0, 0.1) is 0 Å². The zero-order chi connectivity index (χ0) is 15.5. The standard InChI is InChI=1S/C15H18BrN3O3/c1-2-22-15(20)14-17-13(16)12-4-3-11(10-19(12)14)9-18-5-7-21-8-6-18/h3-4,10H,2,5-9H2,1H3. The number of ether oxygens (including phenoxy) is 2. The van der Waals surface area contributed by atoms with Crippen molar-refractivity contribution >= 4 is 27.4 Å². The van der Waals surface area contributed by atoms with Gasteiger partial charge in [-0.25, -0.2) is 9.78 Å². The Morgan fingerprint density at radius 2 is 2.18 bits per heavy atom. The smallest absolute Gasteiger partial charge is 0.374 e. The molecule has 2 aromatic heterocycles. The zero-order valence-electron chi connectivity index (χ0n) is 12.4. The molecule has 1 aliphatic heterocycles. The van der Waals surface area contributed by atoms with Gasteiger partial charge in [-0.05, 0) is 34.5 Å². The van der Waals surface area contributed by atoms with Crippen LogP contribution in [0.4, 0.5) is 0 Å². The summed E-state index contributed by atoms with van der Waals surface area (Å²) in [6.07, 6.45) is 1.95. The molecule has 22 heavy (non-hydrogen) atoms. The van der Waals surface area contributed by atoms with Crippen molar-refractivity contribution in [3.05, 3.63) is 34.3 Å². The second kappa shape index (κ2) is 6.76. The lowest BCUT2D eigenvalue weighted by Gasteiger charge is -2.26. The number of aromatic nitrogens is 2. The Kier molecular flexibility index (Phi) is 4.75. The Hall–Kier alpha value is -1.44. The van der Waals surface area contributed by atoms with Crippen molar-refractivity contribution in [2.45, 2.75) is 13.5 Å². The minimum Gasteiger partial charge on any atom is -0.460 e. The van der Waals surface area contributed by atoms with E-state index in [1.807, 2.05) is 12.3 Å². The molecule has 118 valence electrons. The number of carbonyl (C=O) groups excluding carboxylic acids is 1. The van der Waals surface area contributed by atoms with E-state index < -0.39 is 5.97 Å². The fourth-order valence-corrected chi connectivity index (χ4v) is 3.03. The van der Waals surface area contributed by atoms with Gasteiger partial charge in [-0.3, -0.25) is 9.30 Å². The van der Waals surface area contributed by atoms with Gasteiger partial charge in [0, 0.05) is 25.8 Å². The predicted molar refractivity (Wildman–Crippen MR) is 84.9 cm³/mol. The molecule has 2 aromatic rings. The molecule has 0 atom stereocenters. The average molecular weight is 368 g/mol. The summed E-state index contributed by atoms with van der Waals surface area (Å²) < 4.78 is 12.9. The van der Waals surface area contributed by atoms with Gasteiger partial charge in [0.15, 0.2) is 0 Å². The van der Waals surface area contributed by atoms with Crippen molar-refractivity contribution in [1.82, 2.24) is 14.3 Å². The Bertz CT molecular complexity index is 680. The molecule has 0 amide bonds. The number of fused-ring (bicyclic) bond motifs is 1. The van der Waals surface area contributed by atoms with Crippen LogP contribution in [0.15, 0.2) is 22.9 Å². The first kappa shape index (κ1) is 15.5. The van der Waals surface area contributed by atoms with E-state index in [0.29, 0.717) is 17.0 Å². The van der Waals surface area contributed by atoms with Crippen LogP contribution < -0.4 is 0 Å². The molecule has 7 heteroatoms. The van der Waals surface area contributed by atoms with E-state index in [1.165, 1.54) is 0 Å². The predicted octanol–water partition coefficient (Wildman–Crippen LogP) is 2.11. The fourth-order valence-electron chi connectivity index (χ4n) is 2.54. The lowest BCUT2D eigenvalue weighted by atomic mass is 10.2. The first-order chi connectivity index (χ1) is 10.7. The normalized spacial score (nSPS) is 16.1. The SMILES string of the molecule is CCOC(=O)c1nc(Br)c2ccc(CN3CCOCC3)cn12. The van der Waals surface area contributed by atoms with E-state index in [-0.39, 0.29) is 0 Å². The highest BCUT2D eigenvalue weighted by atomic mass is 79.9. The highest BCUT2D eigenvalue weighted by molar-refractivity contribution is 9.10. The highest BCUT2D eigenvalue weighted by Gasteiger charge is 2.18. The maximum absolute atomic E-state index is 12.0. The summed E-state index contributed by atoms with van der Waals surface area (Å²) in [6.45, 7) is 6.34. The second-order valence-corrected chi connectivity index (χ2v) is 5.88. The summed E-state index contributed by atoms with van der Waals surface area (Å²) in [5, 5.41) is 0. The van der Waals surface area contributed by atoms with E-state index >= 15 is 0 Å². The van der Waals surface area contributed by atoms with Gasteiger partial charge in [-0.1, -0.05) is 6.07 Å². The van der Waals surface area contributed by atoms with E-state index in [9.17, 15) is 4.79 Å². The van der Waals surface area contributed by atoms with Crippen molar-refractivity contribution < 1.29 is 14.3 Å². The lowest BCUT2D eigenvalue weighted by Crippen LogP contribution is -2.35. The summed E-state index contributed by atoms with van der Waals surface area (Å²) in [5.74, 6) is -0.112. The van der Waals surface area contributed by atoms with Crippen LogP contribution >= 0.6 is 15.9 Å². The first-order valence-corrected chi connectivity index (χ1v) is 8.12. The molecule has 1 saturated heterocycles. The Labute approximate surface area is 137 Å². The van der Waals surface area contributed by atoms with E-state index in [2.05, 4.69) is 31.9 Å². The molecule has 0 aliphatic carbocycles. The number of nitrogens with zero attached hydrogens (tertiary/aromatic N) is 3. The molecule has 0 bridgehead atoms. The number of rotatable bonds is 4. The van der Waals surface area contributed by atoms with E-state index in [4.69, 9.17) is 9.47 Å². The number of hydrogen-bond acceptors (Lipinski definition) is 5. The van der Waals surface area contributed by atoms with Crippen LogP contribution in [-0.2, 0) is 16.0 Å². The molecular weight excluding hydrogens is 350 g/mol. The number of carbonyl (C=O) groups is 1. The number of halogens is 1. The van der Waals surface area contributed by atoms with Crippen molar-refractivity contribution in [2.24, 2.45) is 0 Å². The Morgan fingerprint density at radius 1 is 1.41 bits per heavy atom. The molecule has 0 aromatic carbocycles. The summed E-state index contributed by atoms with van der Waals surface area (Å²) in [7, 11) is 0. The van der Waals surface area contributed by atoms with Gasteiger partial charge in [0.25, 0.3) is 0 Å². The molecule has 0 spiro atoms. The highest BCUT2D eigenvalue weighted by Crippen LogP contribution is 2.21.